The van der Waals surface area contributed by atoms with Crippen LogP contribution in [0, 0.1) is 0 Å². The van der Waals surface area contributed by atoms with Crippen LogP contribution in [0.15, 0.2) is 0 Å². The molecule has 0 radical (unpaired) electrons. The van der Waals surface area contributed by atoms with E-state index < -0.39 is 0 Å². The van der Waals surface area contributed by atoms with Gasteiger partial charge in [-0.3, -0.25) is 9.80 Å². The van der Waals surface area contributed by atoms with Crippen LogP contribution in [0.4, 0.5) is 0 Å². The average Bonchev–Trinajstić information content (AvgIpc) is 3.01. The summed E-state index contributed by atoms with van der Waals surface area (Å²) in [5, 5.41) is 3.58. The maximum absolute atomic E-state index is 3.58. The van der Waals surface area contributed by atoms with Crippen molar-refractivity contribution in [3.05, 3.63) is 0 Å². The Kier molecular flexibility index (Phi) is 2.94. The molecule has 2 saturated heterocycles. The molecule has 16 heavy (non-hydrogen) atoms. The Labute approximate surface area is 99.2 Å². The third-order valence-corrected chi connectivity index (χ3v) is 4.54. The van der Waals surface area contributed by atoms with Crippen LogP contribution in [-0.2, 0) is 0 Å². The van der Waals surface area contributed by atoms with E-state index in [2.05, 4.69) is 29.0 Å². The third kappa shape index (κ3) is 2.13. The highest BCUT2D eigenvalue weighted by atomic mass is 15.3. The number of hydrogen-bond donors (Lipinski definition) is 1. The van der Waals surface area contributed by atoms with Crippen molar-refractivity contribution < 1.29 is 0 Å². The molecule has 3 unspecified atom stereocenters. The maximum atomic E-state index is 3.58. The zero-order valence-electron chi connectivity index (χ0n) is 10.7. The third-order valence-electron chi connectivity index (χ3n) is 4.54. The van der Waals surface area contributed by atoms with E-state index in [9.17, 15) is 0 Å². The van der Waals surface area contributed by atoms with Gasteiger partial charge in [-0.2, -0.15) is 0 Å². The van der Waals surface area contributed by atoms with E-state index >= 15 is 0 Å². The number of nitrogens with one attached hydrogen (secondary N) is 1. The van der Waals surface area contributed by atoms with Gasteiger partial charge >= 0.3 is 0 Å². The van der Waals surface area contributed by atoms with E-state index in [1.54, 1.807) is 0 Å². The molecule has 1 saturated carbocycles. The Balaban J connectivity index is 1.59. The lowest BCUT2D eigenvalue weighted by molar-refractivity contribution is 0.0967. The second-order valence-electron chi connectivity index (χ2n) is 6.02. The van der Waals surface area contributed by atoms with Crippen molar-refractivity contribution >= 4 is 0 Å². The Bertz CT molecular complexity index is 252. The summed E-state index contributed by atoms with van der Waals surface area (Å²) in [7, 11) is 0. The van der Waals surface area contributed by atoms with Crippen LogP contribution in [0.1, 0.15) is 33.1 Å². The van der Waals surface area contributed by atoms with Crippen LogP contribution in [0.5, 0.6) is 0 Å². The normalized spacial score (nSPS) is 42.8. The standard InChI is InChI=1S/C13H25N3/c1-10-8-16(11(2)7-14-10)13-5-6-15(9-13)12-3-4-12/h10-14H,3-9H2,1-2H3. The summed E-state index contributed by atoms with van der Waals surface area (Å²) >= 11 is 0. The van der Waals surface area contributed by atoms with Gasteiger partial charge in [-0.25, -0.2) is 0 Å². The molecular weight excluding hydrogens is 198 g/mol. The lowest BCUT2D eigenvalue weighted by Gasteiger charge is -2.41. The maximum Gasteiger partial charge on any atom is 0.0239 e. The molecule has 3 fully saturated rings. The summed E-state index contributed by atoms with van der Waals surface area (Å²) < 4.78 is 0. The average molecular weight is 223 g/mol. The van der Waals surface area contributed by atoms with E-state index in [1.807, 2.05) is 0 Å². The Morgan fingerprint density at radius 3 is 2.56 bits per heavy atom. The highest BCUT2D eigenvalue weighted by Gasteiger charge is 2.38. The minimum Gasteiger partial charge on any atom is -0.311 e. The van der Waals surface area contributed by atoms with Crippen LogP contribution in [0.3, 0.4) is 0 Å². The first-order valence-electron chi connectivity index (χ1n) is 6.97. The first-order chi connectivity index (χ1) is 7.74. The molecule has 0 aromatic rings. The Hall–Kier alpha value is -0.120. The predicted octanol–water partition coefficient (Wildman–Crippen LogP) is 0.905. The van der Waals surface area contributed by atoms with Crippen molar-refractivity contribution in [3.8, 4) is 0 Å². The first kappa shape index (κ1) is 11.0. The molecule has 1 N–H and O–H groups in total. The van der Waals surface area contributed by atoms with E-state index in [1.165, 1.54) is 45.4 Å². The molecule has 3 atom stereocenters. The van der Waals surface area contributed by atoms with E-state index in [4.69, 9.17) is 0 Å². The van der Waals surface area contributed by atoms with Crippen molar-refractivity contribution in [2.45, 2.75) is 57.3 Å². The van der Waals surface area contributed by atoms with Gasteiger partial charge in [0.15, 0.2) is 0 Å². The van der Waals surface area contributed by atoms with E-state index in [0.717, 1.165) is 18.1 Å². The monoisotopic (exact) mass is 223 g/mol. The predicted molar refractivity (Wildman–Crippen MR) is 66.6 cm³/mol. The SMILES string of the molecule is CC1CN(C2CCN(C3CC3)C2)C(C)CN1. The van der Waals surface area contributed by atoms with Crippen molar-refractivity contribution in [1.29, 1.82) is 0 Å². The number of hydrogen-bond acceptors (Lipinski definition) is 3. The second-order valence-corrected chi connectivity index (χ2v) is 6.02. The van der Waals surface area contributed by atoms with Gasteiger partial charge in [-0.1, -0.05) is 0 Å². The largest absolute Gasteiger partial charge is 0.311 e. The van der Waals surface area contributed by atoms with Crippen molar-refractivity contribution in [3.63, 3.8) is 0 Å². The highest BCUT2D eigenvalue weighted by molar-refractivity contribution is 4.95. The fourth-order valence-electron chi connectivity index (χ4n) is 3.37. The summed E-state index contributed by atoms with van der Waals surface area (Å²) in [6.45, 7) is 9.78. The molecule has 3 aliphatic rings. The minimum absolute atomic E-state index is 0.672. The van der Waals surface area contributed by atoms with Gasteiger partial charge in [0, 0.05) is 50.3 Å². The van der Waals surface area contributed by atoms with Crippen LogP contribution >= 0.6 is 0 Å². The summed E-state index contributed by atoms with van der Waals surface area (Å²) in [4.78, 5) is 5.48. The van der Waals surface area contributed by atoms with Gasteiger partial charge in [0.05, 0.1) is 0 Å². The van der Waals surface area contributed by atoms with Crippen molar-refractivity contribution in [1.82, 2.24) is 15.1 Å². The Morgan fingerprint density at radius 1 is 1.00 bits per heavy atom. The van der Waals surface area contributed by atoms with Gasteiger partial charge in [-0.15, -0.1) is 0 Å². The first-order valence-corrected chi connectivity index (χ1v) is 6.97. The number of rotatable bonds is 2. The Morgan fingerprint density at radius 2 is 1.81 bits per heavy atom. The zero-order chi connectivity index (χ0) is 11.1. The van der Waals surface area contributed by atoms with E-state index in [-0.39, 0.29) is 0 Å². The van der Waals surface area contributed by atoms with Crippen LogP contribution in [0.2, 0.25) is 0 Å². The summed E-state index contributed by atoms with van der Waals surface area (Å²) in [6, 6.07) is 3.19. The molecule has 3 heteroatoms. The van der Waals surface area contributed by atoms with Gasteiger partial charge in [-0.05, 0) is 33.1 Å². The fraction of sp³-hybridized carbons (Fsp3) is 1.00. The molecule has 2 heterocycles. The number of nitrogens with zero attached hydrogens (tertiary/aromatic N) is 2. The topological polar surface area (TPSA) is 18.5 Å². The zero-order valence-corrected chi connectivity index (χ0v) is 10.7. The van der Waals surface area contributed by atoms with Gasteiger partial charge < -0.3 is 5.32 Å². The lowest BCUT2D eigenvalue weighted by Crippen LogP contribution is -2.58. The second kappa shape index (κ2) is 4.28. The molecule has 0 amide bonds. The summed E-state index contributed by atoms with van der Waals surface area (Å²) in [5.74, 6) is 0. The van der Waals surface area contributed by atoms with Crippen LogP contribution < -0.4 is 5.32 Å². The molecular formula is C13H25N3. The quantitative estimate of drug-likeness (QED) is 0.750. The van der Waals surface area contributed by atoms with Gasteiger partial charge in [0.1, 0.15) is 0 Å². The fourth-order valence-corrected chi connectivity index (χ4v) is 3.37. The molecule has 92 valence electrons. The van der Waals surface area contributed by atoms with Crippen molar-refractivity contribution in [2.24, 2.45) is 0 Å². The lowest BCUT2D eigenvalue weighted by atomic mass is 10.1. The molecule has 2 aliphatic heterocycles. The molecule has 1 aliphatic carbocycles. The van der Waals surface area contributed by atoms with E-state index in [0.29, 0.717) is 6.04 Å². The van der Waals surface area contributed by atoms with Gasteiger partial charge in [0.25, 0.3) is 0 Å². The summed E-state index contributed by atoms with van der Waals surface area (Å²) in [5.41, 5.74) is 0. The van der Waals surface area contributed by atoms with Crippen LogP contribution in [0.25, 0.3) is 0 Å². The minimum atomic E-state index is 0.672. The molecule has 0 spiro atoms. The molecule has 0 bridgehead atoms. The number of piperazine rings is 1. The molecule has 3 rings (SSSR count). The highest BCUT2D eigenvalue weighted by Crippen LogP contribution is 2.31. The van der Waals surface area contributed by atoms with Gasteiger partial charge in [0.2, 0.25) is 0 Å². The summed E-state index contributed by atoms with van der Waals surface area (Å²) in [6.07, 6.45) is 4.31. The number of likely N-dealkylation sites (tertiary alicyclic amines) is 1. The van der Waals surface area contributed by atoms with Crippen LogP contribution in [-0.4, -0.2) is 60.1 Å². The molecule has 0 aromatic heterocycles. The molecule has 0 aromatic carbocycles. The van der Waals surface area contributed by atoms with Crippen molar-refractivity contribution in [2.75, 3.05) is 26.2 Å². The molecule has 3 nitrogen and oxygen atoms in total. The smallest absolute Gasteiger partial charge is 0.0239 e.